The summed E-state index contributed by atoms with van der Waals surface area (Å²) < 4.78 is 0. The molecule has 1 aromatic carbocycles. The number of likely N-dealkylation sites (tertiary alicyclic amines) is 1. The average Bonchev–Trinajstić information content (AvgIpc) is 3.10. The van der Waals surface area contributed by atoms with Crippen LogP contribution in [-0.2, 0) is 11.2 Å². The van der Waals surface area contributed by atoms with Crippen LogP contribution in [-0.4, -0.2) is 46.0 Å². The Balaban J connectivity index is 1.32. The van der Waals surface area contributed by atoms with Gasteiger partial charge < -0.3 is 4.90 Å². The minimum absolute atomic E-state index is 0.235. The number of nitrogens with one attached hydrogen (secondary N) is 1. The van der Waals surface area contributed by atoms with Crippen LogP contribution in [0.25, 0.3) is 21.9 Å². The molecule has 0 unspecified atom stereocenters. The Kier molecular flexibility index (Phi) is 3.47. The Bertz CT molecular complexity index is 965. The molecule has 1 saturated heterocycles. The van der Waals surface area contributed by atoms with Gasteiger partial charge in [-0.2, -0.15) is 5.10 Å². The van der Waals surface area contributed by atoms with Crippen LogP contribution in [0.4, 0.5) is 0 Å². The van der Waals surface area contributed by atoms with E-state index >= 15 is 0 Å². The molecule has 1 aliphatic carbocycles. The van der Waals surface area contributed by atoms with Gasteiger partial charge in [0.1, 0.15) is 5.78 Å². The maximum Gasteiger partial charge on any atom is 0.141 e. The van der Waals surface area contributed by atoms with Gasteiger partial charge in [0.2, 0.25) is 0 Å². The zero-order chi connectivity index (χ0) is 17.7. The van der Waals surface area contributed by atoms with Crippen LogP contribution in [0.5, 0.6) is 0 Å². The van der Waals surface area contributed by atoms with Crippen LogP contribution >= 0.6 is 0 Å². The molecule has 5 nitrogen and oxygen atoms in total. The van der Waals surface area contributed by atoms with Crippen LogP contribution in [0.2, 0.25) is 0 Å². The van der Waals surface area contributed by atoms with Gasteiger partial charge in [0.15, 0.2) is 0 Å². The summed E-state index contributed by atoms with van der Waals surface area (Å²) in [4.78, 5) is 19.5. The van der Waals surface area contributed by atoms with Gasteiger partial charge in [0.25, 0.3) is 0 Å². The van der Waals surface area contributed by atoms with Gasteiger partial charge in [0.05, 0.1) is 6.20 Å². The summed E-state index contributed by atoms with van der Waals surface area (Å²) in [5.74, 6) is 0.585. The zero-order valence-corrected chi connectivity index (χ0v) is 14.9. The number of aromatic amines is 1. The van der Waals surface area contributed by atoms with E-state index in [-0.39, 0.29) is 5.92 Å². The first kappa shape index (κ1) is 15.7. The first-order valence-corrected chi connectivity index (χ1v) is 9.19. The van der Waals surface area contributed by atoms with Crippen molar-refractivity contribution in [2.75, 3.05) is 20.1 Å². The van der Waals surface area contributed by atoms with Crippen LogP contribution in [0.15, 0.2) is 42.9 Å². The van der Waals surface area contributed by atoms with Crippen LogP contribution in [0, 0.1) is 11.3 Å². The van der Waals surface area contributed by atoms with Crippen molar-refractivity contribution in [3.05, 3.63) is 48.5 Å². The van der Waals surface area contributed by atoms with Crippen molar-refractivity contribution in [2.24, 2.45) is 11.3 Å². The third-order valence-electron chi connectivity index (χ3n) is 5.99. The zero-order valence-electron chi connectivity index (χ0n) is 14.9. The molecular formula is C21H22N4O. The number of H-pyrrole nitrogens is 1. The predicted molar refractivity (Wildman–Crippen MR) is 101 cm³/mol. The molecule has 1 aliphatic heterocycles. The topological polar surface area (TPSA) is 61.9 Å². The van der Waals surface area contributed by atoms with E-state index in [2.05, 4.69) is 51.4 Å². The number of carbonyl (C=O) groups excluding carboxylic acids is 1. The largest absolute Gasteiger partial charge is 0.305 e. The standard InChI is InChI=1S/C21H22N4O/c1-25-12-21(13-25)7-17(8-21)20(26)6-19-5-16-4-14(18-10-23-24-11-18)2-3-15(16)9-22-19/h2-5,9-11,17H,6-8,12-13H2,1H3,(H,23,24). The Morgan fingerprint density at radius 2 is 2.04 bits per heavy atom. The predicted octanol–water partition coefficient (Wildman–Crippen LogP) is 3.08. The molecular weight excluding hydrogens is 324 g/mol. The van der Waals surface area contributed by atoms with Gasteiger partial charge in [0, 0.05) is 54.5 Å². The van der Waals surface area contributed by atoms with Gasteiger partial charge >= 0.3 is 0 Å². The molecule has 3 aromatic rings. The molecule has 26 heavy (non-hydrogen) atoms. The molecule has 1 N–H and O–H groups in total. The summed E-state index contributed by atoms with van der Waals surface area (Å²) in [6.07, 6.45) is 8.15. The minimum Gasteiger partial charge on any atom is -0.305 e. The highest BCUT2D eigenvalue weighted by Gasteiger charge is 2.52. The van der Waals surface area contributed by atoms with Crippen molar-refractivity contribution in [1.29, 1.82) is 0 Å². The number of nitrogens with zero attached hydrogens (tertiary/aromatic N) is 3. The summed E-state index contributed by atoms with van der Waals surface area (Å²) >= 11 is 0. The SMILES string of the molecule is CN1CC2(CC(C(=O)Cc3cc4cc(-c5cn[nH]c5)ccc4cn3)C2)C1. The molecule has 5 rings (SSSR count). The third kappa shape index (κ3) is 2.63. The molecule has 0 radical (unpaired) electrons. The average molecular weight is 346 g/mol. The maximum absolute atomic E-state index is 12.6. The fraction of sp³-hybridized carbons (Fsp3) is 0.381. The van der Waals surface area contributed by atoms with Gasteiger partial charge in [-0.15, -0.1) is 0 Å². The number of fused-ring (bicyclic) bond motifs is 1. The molecule has 0 bridgehead atoms. The fourth-order valence-corrected chi connectivity index (χ4v) is 4.76. The van der Waals surface area contributed by atoms with E-state index in [9.17, 15) is 4.79 Å². The number of aromatic nitrogens is 3. The highest BCUT2D eigenvalue weighted by molar-refractivity contribution is 5.89. The first-order chi connectivity index (χ1) is 12.6. The quantitative estimate of drug-likeness (QED) is 0.789. The lowest BCUT2D eigenvalue weighted by Gasteiger charge is -2.58. The summed E-state index contributed by atoms with van der Waals surface area (Å²) in [5, 5.41) is 9.07. The molecule has 2 aliphatic rings. The lowest BCUT2D eigenvalue weighted by atomic mass is 9.56. The second-order valence-electron chi connectivity index (χ2n) is 8.15. The van der Waals surface area contributed by atoms with Gasteiger partial charge in [-0.25, -0.2) is 0 Å². The molecule has 5 heteroatoms. The van der Waals surface area contributed by atoms with Crippen molar-refractivity contribution < 1.29 is 4.79 Å². The van der Waals surface area contributed by atoms with E-state index in [1.54, 1.807) is 0 Å². The Hall–Kier alpha value is -2.53. The molecule has 0 amide bonds. The Morgan fingerprint density at radius 3 is 2.77 bits per heavy atom. The molecule has 2 aromatic heterocycles. The Morgan fingerprint density at radius 1 is 1.19 bits per heavy atom. The third-order valence-corrected chi connectivity index (χ3v) is 5.99. The number of rotatable bonds is 4. The fourth-order valence-electron chi connectivity index (χ4n) is 4.76. The van der Waals surface area contributed by atoms with E-state index in [0.717, 1.165) is 53.5 Å². The molecule has 1 saturated carbocycles. The summed E-state index contributed by atoms with van der Waals surface area (Å²) in [6.45, 7) is 2.31. The van der Waals surface area contributed by atoms with Crippen LogP contribution in [0.1, 0.15) is 18.5 Å². The van der Waals surface area contributed by atoms with Crippen molar-refractivity contribution in [3.63, 3.8) is 0 Å². The van der Waals surface area contributed by atoms with E-state index < -0.39 is 0 Å². The number of ketones is 1. The number of benzene rings is 1. The number of carbonyl (C=O) groups is 1. The second-order valence-corrected chi connectivity index (χ2v) is 8.15. The maximum atomic E-state index is 12.6. The summed E-state index contributed by atoms with van der Waals surface area (Å²) in [7, 11) is 2.15. The molecule has 132 valence electrons. The molecule has 0 atom stereocenters. The lowest BCUT2D eigenvalue weighted by Crippen LogP contribution is -2.61. The monoisotopic (exact) mass is 346 g/mol. The van der Waals surface area contributed by atoms with Crippen LogP contribution < -0.4 is 0 Å². The second kappa shape index (κ2) is 5.74. The normalized spacial score (nSPS) is 19.4. The minimum atomic E-state index is 0.235. The van der Waals surface area contributed by atoms with Crippen LogP contribution in [0.3, 0.4) is 0 Å². The van der Waals surface area contributed by atoms with E-state index in [0.29, 0.717) is 17.6 Å². The molecule has 1 spiro atoms. The number of Topliss-reactive ketones (excluding diaryl/α,β-unsaturated/α-hetero) is 1. The number of hydrogen-bond acceptors (Lipinski definition) is 4. The first-order valence-electron chi connectivity index (χ1n) is 9.19. The highest BCUT2D eigenvalue weighted by Crippen LogP contribution is 2.51. The van der Waals surface area contributed by atoms with Gasteiger partial charge in [-0.1, -0.05) is 12.1 Å². The van der Waals surface area contributed by atoms with E-state index in [1.807, 2.05) is 18.6 Å². The van der Waals surface area contributed by atoms with Gasteiger partial charge in [-0.05, 0) is 48.4 Å². The van der Waals surface area contributed by atoms with E-state index in [1.165, 1.54) is 0 Å². The summed E-state index contributed by atoms with van der Waals surface area (Å²) in [5.41, 5.74) is 3.50. The number of pyridine rings is 1. The Labute approximate surface area is 152 Å². The van der Waals surface area contributed by atoms with E-state index in [4.69, 9.17) is 0 Å². The van der Waals surface area contributed by atoms with Gasteiger partial charge in [-0.3, -0.25) is 14.9 Å². The smallest absolute Gasteiger partial charge is 0.141 e. The molecule has 2 fully saturated rings. The summed E-state index contributed by atoms with van der Waals surface area (Å²) in [6, 6.07) is 8.34. The van der Waals surface area contributed by atoms with Crippen molar-refractivity contribution in [1.82, 2.24) is 20.1 Å². The van der Waals surface area contributed by atoms with Crippen molar-refractivity contribution in [3.8, 4) is 11.1 Å². The van der Waals surface area contributed by atoms with Crippen molar-refractivity contribution >= 4 is 16.6 Å². The molecule has 3 heterocycles. The van der Waals surface area contributed by atoms with Crippen molar-refractivity contribution in [2.45, 2.75) is 19.3 Å². The highest BCUT2D eigenvalue weighted by atomic mass is 16.1. The lowest BCUT2D eigenvalue weighted by molar-refractivity contribution is -0.139. The number of hydrogen-bond donors (Lipinski definition) is 1.